The molecule has 0 spiro atoms. The van der Waals surface area contributed by atoms with Crippen molar-refractivity contribution in [3.8, 4) is 45.0 Å². The van der Waals surface area contributed by atoms with E-state index < -0.39 is 35.4 Å². The van der Waals surface area contributed by atoms with Gasteiger partial charge in [-0.15, -0.1) is 0 Å². The topological polar surface area (TPSA) is 120 Å². The molecule has 16 aromatic rings. The molecule has 22 rings (SSSR count). The zero-order valence-corrected chi connectivity index (χ0v) is 70.8. The van der Waals surface area contributed by atoms with Gasteiger partial charge in [0.2, 0.25) is 45.6 Å². The molecule has 12 aromatic heterocycles. The minimum Gasteiger partial charge on any atom is -0.437 e. The van der Waals surface area contributed by atoms with Crippen LogP contribution in [0.4, 0.5) is 0 Å². The SMILES string of the molecule is [2H]C1(c2cc[n+](C)c(-c3c(C)ccc4c3oc3nc(C)ccc34)c2)CCCC1.[2H]C1(c2cc[n+](C)c(-c3c(C)ccc4c3oc3nc(CC)ccc34)c2)CCCC1.[2H]C1(c2ccc(-c3c(C)ccc4c3oc3nc(C5([2H])CCCC5)ccc34)[n+](C)c2)CCCC1.[2H]C1(c2ccc(-c3c(C)ccc4c3oc3nc(C5([2H])CCCCC5)ccc34)[n+](C)c2)CCCC1. The van der Waals surface area contributed by atoms with Crippen LogP contribution in [0.2, 0.25) is 0 Å². The Morgan fingerprint density at radius 2 is 0.602 bits per heavy atom. The van der Waals surface area contributed by atoms with Gasteiger partial charge in [-0.1, -0.05) is 139 Å². The number of aryl methyl sites for hydroxylation is 10. The molecule has 6 aliphatic carbocycles. The van der Waals surface area contributed by atoms with Crippen molar-refractivity contribution in [3.63, 3.8) is 0 Å². The van der Waals surface area contributed by atoms with Crippen LogP contribution in [0.1, 0.15) is 278 Å². The number of furan rings is 4. The van der Waals surface area contributed by atoms with Gasteiger partial charge in [-0.3, -0.25) is 0 Å². The molecule has 600 valence electrons. The van der Waals surface area contributed by atoms with Crippen molar-refractivity contribution in [2.24, 2.45) is 28.2 Å². The van der Waals surface area contributed by atoms with E-state index in [-0.39, 0.29) is 0 Å². The Hall–Kier alpha value is -10.7. The van der Waals surface area contributed by atoms with Gasteiger partial charge in [0.1, 0.15) is 28.2 Å². The van der Waals surface area contributed by atoms with Gasteiger partial charge in [-0.25, -0.2) is 38.2 Å². The van der Waals surface area contributed by atoms with E-state index >= 15 is 0 Å². The standard InChI is InChI=1S/C29H33N2O.C28H31N2O.C25H27N2O.C24H25N2O/c1-19-12-14-23-24-15-16-25(21-10-4-3-5-11-21)30-29(24)32-28(23)27(19)26-17-13-22(18-31(26)2)20-8-6-7-9-20;1-18-11-13-22-23-14-15-24(20-9-5-6-10-20)29-28(23)31-27(22)26(18)25-16-12-21(17-30(25)2)19-7-3-4-8-19;1-4-19-10-12-21-20-11-9-16(2)23(24(20)28-25(21)26-19)22-15-18(13-14-27(22)3)17-7-5-6-8-17;1-15-8-10-19-20-11-9-16(2)25-24(20)27-23(19)22(15)21-14-18(12-13-26(21)3)17-6-4-5-7-17/h12-18,20-21H,3-11H2,1-2H3;11-17,19-20H,3-10H2,1-2H3;9-15,17H,4-8H2,1-3H3;8-14,17H,4-7H2,1-3H3/q4*+1/i20D,21D;19D,20D;2*17D. The van der Waals surface area contributed by atoms with E-state index in [2.05, 4.69) is 238 Å². The lowest BCUT2D eigenvalue weighted by Gasteiger charge is -2.20. The Kier molecular flexibility index (Phi) is 19.6. The van der Waals surface area contributed by atoms with Gasteiger partial charge in [0, 0.05) is 133 Å². The maximum absolute atomic E-state index is 8.99. The molecule has 12 heterocycles. The Labute approximate surface area is 703 Å². The van der Waals surface area contributed by atoms with Crippen LogP contribution in [0.15, 0.2) is 188 Å². The second-order valence-corrected chi connectivity index (χ2v) is 34.7. The summed E-state index contributed by atoms with van der Waals surface area (Å²) in [6.45, 7) is 12.6. The van der Waals surface area contributed by atoms with Crippen LogP contribution in [-0.2, 0) is 34.6 Å². The molecule has 6 fully saturated rings. The first-order valence-corrected chi connectivity index (χ1v) is 44.0. The van der Waals surface area contributed by atoms with E-state index in [1.807, 2.05) is 25.1 Å². The van der Waals surface area contributed by atoms with E-state index in [1.165, 1.54) is 17.5 Å². The first kappa shape index (κ1) is 70.3. The van der Waals surface area contributed by atoms with Crippen LogP contribution in [0.3, 0.4) is 0 Å². The van der Waals surface area contributed by atoms with Crippen LogP contribution in [0.25, 0.3) is 133 Å². The number of aromatic nitrogens is 8. The van der Waals surface area contributed by atoms with Crippen LogP contribution in [0, 0.1) is 34.6 Å². The maximum Gasteiger partial charge on any atom is 0.227 e. The number of rotatable bonds is 11. The van der Waals surface area contributed by atoms with E-state index in [4.69, 9.17) is 40.8 Å². The lowest BCUT2D eigenvalue weighted by molar-refractivity contribution is -0.661. The molecule has 0 bridgehead atoms. The van der Waals surface area contributed by atoms with E-state index in [1.54, 1.807) is 0 Å². The van der Waals surface area contributed by atoms with Crippen molar-refractivity contribution in [1.82, 2.24) is 19.9 Å². The molecule has 0 N–H and O–H groups in total. The second kappa shape index (κ2) is 32.9. The van der Waals surface area contributed by atoms with E-state index in [9.17, 15) is 0 Å². The van der Waals surface area contributed by atoms with Crippen LogP contribution in [-0.4, -0.2) is 19.9 Å². The molecule has 0 amide bonds. The second-order valence-electron chi connectivity index (χ2n) is 34.7. The summed E-state index contributed by atoms with van der Waals surface area (Å²) in [4.78, 5) is 19.0. The van der Waals surface area contributed by atoms with Gasteiger partial charge < -0.3 is 17.7 Å². The van der Waals surface area contributed by atoms with Crippen molar-refractivity contribution in [2.45, 2.75) is 244 Å². The Balaban J connectivity index is 0.000000109. The molecule has 0 unspecified atom stereocenters. The van der Waals surface area contributed by atoms with Gasteiger partial charge in [0.05, 0.1) is 22.3 Å². The Morgan fingerprint density at radius 1 is 0.297 bits per heavy atom. The lowest BCUT2D eigenvalue weighted by atomic mass is 9.86. The molecule has 12 nitrogen and oxygen atoms in total. The molecule has 4 aromatic carbocycles. The molecule has 6 aliphatic rings. The molecule has 6 saturated carbocycles. The molecular formula is C106H116N8O4+4. The summed E-state index contributed by atoms with van der Waals surface area (Å²) in [6.07, 6.45) is 35.1. The number of nitrogens with zero attached hydrogens (tertiary/aromatic N) is 8. The Morgan fingerprint density at radius 3 is 0.966 bits per heavy atom. The van der Waals surface area contributed by atoms with Crippen molar-refractivity contribution < 1.29 is 44.2 Å². The minimum absolute atomic E-state index is 0.455. The average Bonchev–Trinajstić information content (AvgIpc) is 1.59. The minimum atomic E-state index is -0.598. The highest BCUT2D eigenvalue weighted by molar-refractivity contribution is 6.12. The third-order valence-electron chi connectivity index (χ3n) is 26.9. The quantitative estimate of drug-likeness (QED) is 0.117. The molecule has 12 heteroatoms. The number of pyridine rings is 8. The summed E-state index contributed by atoms with van der Waals surface area (Å²) in [5.41, 5.74) is 27.6. The zero-order chi connectivity index (χ0) is 85.9. The smallest absolute Gasteiger partial charge is 0.227 e. The third-order valence-corrected chi connectivity index (χ3v) is 26.9. The molecule has 0 atom stereocenters. The maximum atomic E-state index is 8.99. The highest BCUT2D eigenvalue weighted by atomic mass is 16.4. The summed E-state index contributed by atoms with van der Waals surface area (Å²) < 4.78 is 87.6. The first-order valence-electron chi connectivity index (χ1n) is 47.0. The Bertz CT molecular complexity index is 6860. The summed E-state index contributed by atoms with van der Waals surface area (Å²) in [5.74, 6) is -3.01. The molecule has 0 saturated heterocycles. The predicted molar refractivity (Wildman–Crippen MR) is 477 cm³/mol. The highest BCUT2D eigenvalue weighted by Gasteiger charge is 2.32. The summed E-state index contributed by atoms with van der Waals surface area (Å²) in [6, 6.07) is 50.9. The van der Waals surface area contributed by atoms with Crippen molar-refractivity contribution in [1.29, 1.82) is 0 Å². The van der Waals surface area contributed by atoms with E-state index in [0.717, 1.165) is 327 Å². The zero-order valence-electron chi connectivity index (χ0n) is 76.8. The highest BCUT2D eigenvalue weighted by Crippen LogP contribution is 2.46. The first-order chi connectivity index (χ1) is 59.7. The monoisotopic (exact) mass is 1570 g/mol. The average molecular weight is 1570 g/mol. The summed E-state index contributed by atoms with van der Waals surface area (Å²) in [5, 5.41) is 8.44. The molecule has 0 radical (unpaired) electrons. The molecule has 118 heavy (non-hydrogen) atoms. The van der Waals surface area contributed by atoms with Gasteiger partial charge in [0.25, 0.3) is 0 Å². The number of fused-ring (bicyclic) bond motifs is 12. The van der Waals surface area contributed by atoms with Gasteiger partial charge >= 0.3 is 0 Å². The third kappa shape index (κ3) is 14.8. The lowest BCUT2D eigenvalue weighted by Crippen LogP contribution is -2.31. The van der Waals surface area contributed by atoms with E-state index in [0.29, 0.717) is 22.9 Å². The fraction of sp³-hybridized carbons (Fsp3) is 0.396. The number of hydrogen-bond donors (Lipinski definition) is 0. The fourth-order valence-electron chi connectivity index (χ4n) is 20.2. The largest absolute Gasteiger partial charge is 0.437 e. The summed E-state index contributed by atoms with van der Waals surface area (Å²) in [7, 11) is 8.27. The predicted octanol–water partition coefficient (Wildman–Crippen LogP) is 26.3. The van der Waals surface area contributed by atoms with Gasteiger partial charge in [-0.05, 0) is 236 Å². The van der Waals surface area contributed by atoms with Crippen molar-refractivity contribution >= 4 is 88.3 Å². The number of hydrogen-bond acceptors (Lipinski definition) is 8. The summed E-state index contributed by atoms with van der Waals surface area (Å²) >= 11 is 0. The van der Waals surface area contributed by atoms with Crippen molar-refractivity contribution in [2.75, 3.05) is 0 Å². The normalized spacial score (nSPS) is 19.1. The molecular weight excluding hydrogens is 1450 g/mol. The van der Waals surface area contributed by atoms with Crippen LogP contribution >= 0.6 is 0 Å². The van der Waals surface area contributed by atoms with Crippen molar-refractivity contribution in [3.05, 3.63) is 238 Å². The fourth-order valence-corrected chi connectivity index (χ4v) is 20.2. The van der Waals surface area contributed by atoms with Crippen LogP contribution in [0.5, 0.6) is 0 Å². The number of benzene rings is 4. The molecule has 0 aliphatic heterocycles. The van der Waals surface area contributed by atoms with Crippen LogP contribution < -0.4 is 18.3 Å². The van der Waals surface area contributed by atoms with Gasteiger partial charge in [0.15, 0.2) is 47.1 Å². The van der Waals surface area contributed by atoms with Gasteiger partial charge in [-0.2, -0.15) is 0 Å².